The molecular formula is C14H22S. The summed E-state index contributed by atoms with van der Waals surface area (Å²) in [5.41, 5.74) is 0. The van der Waals surface area contributed by atoms with Gasteiger partial charge in [0.2, 0.25) is 0 Å². The molecule has 15 heavy (non-hydrogen) atoms. The number of hydrogen-bond donors (Lipinski definition) is 0. The minimum Gasteiger partial charge on any atom is -0.158 e. The van der Waals surface area contributed by atoms with Gasteiger partial charge in [-0.3, -0.25) is 0 Å². The first-order valence-electron chi connectivity index (χ1n) is 6.68. The summed E-state index contributed by atoms with van der Waals surface area (Å²) >= 11 is 2.29. The lowest BCUT2D eigenvalue weighted by atomic mass is 9.81. The van der Waals surface area contributed by atoms with Gasteiger partial charge in [-0.05, 0) is 55.1 Å². The van der Waals surface area contributed by atoms with Crippen molar-refractivity contribution in [2.24, 2.45) is 23.7 Å². The number of fused-ring (bicyclic) bond motifs is 5. The fourth-order valence-corrected chi connectivity index (χ4v) is 5.74. The highest BCUT2D eigenvalue weighted by molar-refractivity contribution is 7.99. The highest BCUT2D eigenvalue weighted by Crippen LogP contribution is 2.59. The number of allylic oxidation sites excluding steroid dienone is 2. The Morgan fingerprint density at radius 2 is 2.20 bits per heavy atom. The Morgan fingerprint density at radius 3 is 3.07 bits per heavy atom. The van der Waals surface area contributed by atoms with Crippen LogP contribution in [0.25, 0.3) is 0 Å². The Morgan fingerprint density at radius 1 is 1.27 bits per heavy atom. The van der Waals surface area contributed by atoms with Crippen molar-refractivity contribution in [1.82, 2.24) is 0 Å². The van der Waals surface area contributed by atoms with Crippen molar-refractivity contribution < 1.29 is 0 Å². The standard InChI is InChI=1S/C14H22S/c1-2-3-7-15-14-9-10-8-13(14)12-6-4-5-11(10)12/h4,6,10-14H,2-3,5,7-9H2,1H3. The topological polar surface area (TPSA) is 0 Å². The van der Waals surface area contributed by atoms with Crippen molar-refractivity contribution in [1.29, 1.82) is 0 Å². The Labute approximate surface area is 97.9 Å². The van der Waals surface area contributed by atoms with Gasteiger partial charge >= 0.3 is 0 Å². The van der Waals surface area contributed by atoms with Gasteiger partial charge in [-0.1, -0.05) is 25.5 Å². The molecule has 0 heterocycles. The van der Waals surface area contributed by atoms with Gasteiger partial charge in [-0.2, -0.15) is 11.8 Å². The van der Waals surface area contributed by atoms with Crippen LogP contribution in [0.3, 0.4) is 0 Å². The predicted octanol–water partition coefficient (Wildman–Crippen LogP) is 4.12. The third-order valence-corrected chi connectivity index (χ3v) is 6.27. The fraction of sp³-hybridized carbons (Fsp3) is 0.857. The Bertz CT molecular complexity index is 258. The van der Waals surface area contributed by atoms with Crippen molar-refractivity contribution in [2.45, 2.75) is 44.3 Å². The largest absolute Gasteiger partial charge is 0.158 e. The van der Waals surface area contributed by atoms with Crippen LogP contribution in [0.15, 0.2) is 12.2 Å². The van der Waals surface area contributed by atoms with Gasteiger partial charge in [0.1, 0.15) is 0 Å². The SMILES string of the molecule is CCCCSC1CC2CC1C1C=CCC21. The van der Waals surface area contributed by atoms with Crippen LogP contribution in [0.4, 0.5) is 0 Å². The molecule has 1 heteroatoms. The Balaban J connectivity index is 1.58. The minimum atomic E-state index is 0.989. The molecule has 0 aliphatic heterocycles. The monoisotopic (exact) mass is 222 g/mol. The van der Waals surface area contributed by atoms with Gasteiger partial charge in [-0.15, -0.1) is 0 Å². The fourth-order valence-electron chi connectivity index (χ4n) is 4.06. The van der Waals surface area contributed by atoms with Gasteiger partial charge in [0.15, 0.2) is 0 Å². The molecule has 0 amide bonds. The third kappa shape index (κ3) is 1.67. The molecule has 0 aromatic carbocycles. The predicted molar refractivity (Wildman–Crippen MR) is 68.1 cm³/mol. The average molecular weight is 222 g/mol. The normalized spacial score (nSPS) is 46.3. The second-order valence-electron chi connectivity index (χ2n) is 5.56. The van der Waals surface area contributed by atoms with Crippen LogP contribution in [0.2, 0.25) is 0 Å². The lowest BCUT2D eigenvalue weighted by Gasteiger charge is -2.30. The molecule has 2 bridgehead atoms. The molecule has 3 rings (SSSR count). The second-order valence-corrected chi connectivity index (χ2v) is 6.91. The van der Waals surface area contributed by atoms with Crippen molar-refractivity contribution in [3.63, 3.8) is 0 Å². The van der Waals surface area contributed by atoms with Crippen molar-refractivity contribution in [3.8, 4) is 0 Å². The van der Waals surface area contributed by atoms with Crippen LogP contribution in [0.5, 0.6) is 0 Å². The number of hydrogen-bond acceptors (Lipinski definition) is 1. The van der Waals surface area contributed by atoms with E-state index in [1.807, 2.05) is 0 Å². The van der Waals surface area contributed by atoms with E-state index in [2.05, 4.69) is 30.8 Å². The van der Waals surface area contributed by atoms with Crippen LogP contribution in [-0.4, -0.2) is 11.0 Å². The number of thioether (sulfide) groups is 1. The zero-order valence-corrected chi connectivity index (χ0v) is 10.5. The summed E-state index contributed by atoms with van der Waals surface area (Å²) in [6, 6.07) is 0. The first-order valence-corrected chi connectivity index (χ1v) is 7.73. The highest BCUT2D eigenvalue weighted by atomic mass is 32.2. The van der Waals surface area contributed by atoms with Crippen LogP contribution in [-0.2, 0) is 0 Å². The summed E-state index contributed by atoms with van der Waals surface area (Å²) in [6.45, 7) is 2.30. The molecule has 0 radical (unpaired) electrons. The van der Waals surface area contributed by atoms with E-state index in [0.29, 0.717) is 0 Å². The highest BCUT2D eigenvalue weighted by Gasteiger charge is 2.52. The molecule has 0 aromatic heterocycles. The zero-order chi connectivity index (χ0) is 10.3. The quantitative estimate of drug-likeness (QED) is 0.509. The van der Waals surface area contributed by atoms with E-state index >= 15 is 0 Å². The summed E-state index contributed by atoms with van der Waals surface area (Å²) in [4.78, 5) is 0. The van der Waals surface area contributed by atoms with E-state index in [4.69, 9.17) is 0 Å². The molecular weight excluding hydrogens is 200 g/mol. The van der Waals surface area contributed by atoms with Crippen LogP contribution in [0, 0.1) is 23.7 Å². The lowest BCUT2D eigenvalue weighted by Crippen LogP contribution is -2.26. The maximum Gasteiger partial charge on any atom is 0.00838 e. The van der Waals surface area contributed by atoms with Gasteiger partial charge < -0.3 is 0 Å². The summed E-state index contributed by atoms with van der Waals surface area (Å²) < 4.78 is 0. The molecule has 0 saturated heterocycles. The molecule has 0 nitrogen and oxygen atoms in total. The summed E-state index contributed by atoms with van der Waals surface area (Å²) in [5.74, 6) is 5.61. The molecule has 3 aliphatic carbocycles. The molecule has 2 saturated carbocycles. The maximum absolute atomic E-state index is 2.54. The van der Waals surface area contributed by atoms with Crippen LogP contribution >= 0.6 is 11.8 Å². The average Bonchev–Trinajstić information content (AvgIpc) is 2.89. The molecule has 0 spiro atoms. The summed E-state index contributed by atoms with van der Waals surface area (Å²) in [7, 11) is 0. The van der Waals surface area contributed by atoms with Gasteiger partial charge in [0, 0.05) is 5.25 Å². The van der Waals surface area contributed by atoms with Gasteiger partial charge in [0.25, 0.3) is 0 Å². The van der Waals surface area contributed by atoms with Crippen LogP contribution < -0.4 is 0 Å². The van der Waals surface area contributed by atoms with Crippen molar-refractivity contribution in [3.05, 3.63) is 12.2 Å². The smallest absolute Gasteiger partial charge is 0.00838 e. The van der Waals surface area contributed by atoms with E-state index in [1.165, 1.54) is 25.0 Å². The van der Waals surface area contributed by atoms with E-state index in [9.17, 15) is 0 Å². The van der Waals surface area contributed by atoms with Crippen molar-refractivity contribution >= 4 is 11.8 Å². The molecule has 84 valence electrons. The molecule has 0 aromatic rings. The summed E-state index contributed by atoms with van der Waals surface area (Å²) in [6.07, 6.45) is 12.3. The minimum absolute atomic E-state index is 0.989. The van der Waals surface area contributed by atoms with E-state index in [1.54, 1.807) is 12.8 Å². The first-order chi connectivity index (χ1) is 7.40. The molecule has 0 N–H and O–H groups in total. The van der Waals surface area contributed by atoms with E-state index < -0.39 is 0 Å². The lowest BCUT2D eigenvalue weighted by molar-refractivity contribution is 0.291. The van der Waals surface area contributed by atoms with E-state index in [-0.39, 0.29) is 0 Å². The number of unbranched alkanes of at least 4 members (excludes halogenated alkanes) is 1. The zero-order valence-electron chi connectivity index (χ0n) is 9.69. The van der Waals surface area contributed by atoms with Gasteiger partial charge in [0.05, 0.1) is 0 Å². The summed E-state index contributed by atoms with van der Waals surface area (Å²) in [5, 5.41) is 1.02. The van der Waals surface area contributed by atoms with Crippen LogP contribution in [0.1, 0.15) is 39.0 Å². The second kappa shape index (κ2) is 4.16. The first kappa shape index (κ1) is 10.3. The van der Waals surface area contributed by atoms with Crippen molar-refractivity contribution in [2.75, 3.05) is 5.75 Å². The molecule has 5 unspecified atom stereocenters. The van der Waals surface area contributed by atoms with Gasteiger partial charge in [-0.25, -0.2) is 0 Å². The molecule has 5 atom stereocenters. The molecule has 3 aliphatic rings. The molecule has 2 fully saturated rings. The third-order valence-electron chi connectivity index (χ3n) is 4.78. The maximum atomic E-state index is 2.54. The van der Waals surface area contributed by atoms with E-state index in [0.717, 1.165) is 28.9 Å². The Hall–Kier alpha value is 0.0900. The Kier molecular flexibility index (Phi) is 2.84. The number of rotatable bonds is 4.